The van der Waals surface area contributed by atoms with E-state index in [0.29, 0.717) is 0 Å². The van der Waals surface area contributed by atoms with Gasteiger partial charge in [-0.25, -0.2) is 0 Å². The molecule has 0 aliphatic carbocycles. The highest BCUT2D eigenvalue weighted by Gasteiger charge is 2.36. The first-order valence-electron chi connectivity index (χ1n) is 7.07. The van der Waals surface area contributed by atoms with Crippen LogP contribution in [0.3, 0.4) is 0 Å². The minimum atomic E-state index is -4.35. The Kier molecular flexibility index (Phi) is 6.49. The second kappa shape index (κ2) is 7.64. The maximum atomic E-state index is 13.1. The smallest absolute Gasteiger partial charge is 0.271 e. The number of hydrazine groups is 1. The third kappa shape index (κ3) is 4.21. The zero-order valence-electron chi connectivity index (χ0n) is 12.0. The summed E-state index contributed by atoms with van der Waals surface area (Å²) in [5.41, 5.74) is 2.23. The summed E-state index contributed by atoms with van der Waals surface area (Å²) in [4.78, 5) is 0. The second-order valence-corrected chi connectivity index (χ2v) is 5.04. The van der Waals surface area contributed by atoms with Crippen molar-refractivity contribution in [2.45, 2.75) is 51.7 Å². The van der Waals surface area contributed by atoms with E-state index in [9.17, 15) is 13.2 Å². The number of unbranched alkanes of at least 4 members (excludes halogenated alkanes) is 1. The summed E-state index contributed by atoms with van der Waals surface area (Å²) in [6.07, 6.45) is -0.677. The van der Waals surface area contributed by atoms with E-state index < -0.39 is 17.8 Å². The van der Waals surface area contributed by atoms with Crippen molar-refractivity contribution >= 4 is 0 Å². The molecule has 0 spiro atoms. The molecule has 0 saturated carbocycles. The Labute approximate surface area is 118 Å². The number of rotatable bonds is 7. The zero-order chi connectivity index (χ0) is 15.2. The lowest BCUT2D eigenvalue weighted by molar-refractivity contribution is -0.138. The molecule has 0 fully saturated rings. The van der Waals surface area contributed by atoms with Crippen LogP contribution in [-0.2, 0) is 6.18 Å². The Balaban J connectivity index is 3.11. The molecule has 2 unspecified atom stereocenters. The van der Waals surface area contributed by atoms with Gasteiger partial charge < -0.3 is 0 Å². The molecule has 0 radical (unpaired) electrons. The lowest BCUT2D eigenvalue weighted by Gasteiger charge is -2.28. The molecule has 1 rings (SSSR count). The van der Waals surface area contributed by atoms with Crippen molar-refractivity contribution in [3.63, 3.8) is 0 Å². The molecule has 20 heavy (non-hydrogen) atoms. The first kappa shape index (κ1) is 17.0. The van der Waals surface area contributed by atoms with Gasteiger partial charge in [-0.3, -0.25) is 11.3 Å². The van der Waals surface area contributed by atoms with Gasteiger partial charge >= 0.3 is 6.18 Å². The predicted octanol–water partition coefficient (Wildman–Crippen LogP) is 4.43. The quantitative estimate of drug-likeness (QED) is 0.575. The van der Waals surface area contributed by atoms with Gasteiger partial charge in [0.25, 0.3) is 0 Å². The van der Waals surface area contributed by atoms with E-state index in [4.69, 9.17) is 5.84 Å². The van der Waals surface area contributed by atoms with Crippen molar-refractivity contribution in [2.24, 2.45) is 11.8 Å². The number of nitrogens with two attached hydrogens (primary N) is 1. The van der Waals surface area contributed by atoms with Crippen LogP contribution in [0.5, 0.6) is 0 Å². The minimum Gasteiger partial charge on any atom is -0.271 e. The highest BCUT2D eigenvalue weighted by atomic mass is 19.4. The van der Waals surface area contributed by atoms with E-state index in [-0.39, 0.29) is 11.5 Å². The lowest BCUT2D eigenvalue weighted by atomic mass is 9.85. The summed E-state index contributed by atoms with van der Waals surface area (Å²) < 4.78 is 39.3. The average molecular weight is 288 g/mol. The molecular formula is C15H23F3N2. The largest absolute Gasteiger partial charge is 0.416 e. The molecule has 0 aliphatic heterocycles. The SMILES string of the molecule is CCCCC(CC)C(NN)c1ccccc1C(F)(F)F. The molecule has 0 aliphatic rings. The molecule has 3 N–H and O–H groups in total. The molecule has 114 valence electrons. The summed E-state index contributed by atoms with van der Waals surface area (Å²) in [7, 11) is 0. The Hall–Kier alpha value is -1.07. The lowest BCUT2D eigenvalue weighted by Crippen LogP contribution is -2.35. The van der Waals surface area contributed by atoms with E-state index in [1.54, 1.807) is 6.07 Å². The summed E-state index contributed by atoms with van der Waals surface area (Å²) in [5, 5.41) is 0. The van der Waals surface area contributed by atoms with Crippen LogP contribution in [0.25, 0.3) is 0 Å². The number of benzene rings is 1. The maximum absolute atomic E-state index is 13.1. The molecular weight excluding hydrogens is 265 g/mol. The molecule has 5 heteroatoms. The Morgan fingerprint density at radius 2 is 1.85 bits per heavy atom. The van der Waals surface area contributed by atoms with E-state index in [1.807, 2.05) is 6.92 Å². The molecule has 0 saturated heterocycles. The molecule has 0 bridgehead atoms. The van der Waals surface area contributed by atoms with E-state index >= 15 is 0 Å². The zero-order valence-corrected chi connectivity index (χ0v) is 12.0. The van der Waals surface area contributed by atoms with Gasteiger partial charge in [0.2, 0.25) is 0 Å². The van der Waals surface area contributed by atoms with Crippen molar-refractivity contribution in [3.8, 4) is 0 Å². The van der Waals surface area contributed by atoms with Crippen LogP contribution in [0.4, 0.5) is 13.2 Å². The Morgan fingerprint density at radius 3 is 2.35 bits per heavy atom. The third-order valence-corrected chi connectivity index (χ3v) is 3.71. The minimum absolute atomic E-state index is 0.100. The second-order valence-electron chi connectivity index (χ2n) is 5.04. The highest BCUT2D eigenvalue weighted by Crippen LogP contribution is 2.38. The number of alkyl halides is 3. The van der Waals surface area contributed by atoms with Gasteiger partial charge in [-0.2, -0.15) is 13.2 Å². The van der Waals surface area contributed by atoms with Crippen molar-refractivity contribution < 1.29 is 13.2 Å². The molecule has 1 aromatic carbocycles. The summed E-state index contributed by atoms with van der Waals surface area (Å²) in [6.45, 7) is 4.06. The summed E-state index contributed by atoms with van der Waals surface area (Å²) in [5.74, 6) is 5.65. The van der Waals surface area contributed by atoms with Crippen LogP contribution in [0, 0.1) is 5.92 Å². The van der Waals surface area contributed by atoms with Crippen LogP contribution < -0.4 is 11.3 Å². The fourth-order valence-electron chi connectivity index (χ4n) is 2.58. The van der Waals surface area contributed by atoms with Gasteiger partial charge in [-0.15, -0.1) is 0 Å². The third-order valence-electron chi connectivity index (χ3n) is 3.71. The Morgan fingerprint density at radius 1 is 1.20 bits per heavy atom. The van der Waals surface area contributed by atoms with Crippen molar-refractivity contribution in [1.82, 2.24) is 5.43 Å². The highest BCUT2D eigenvalue weighted by molar-refractivity contribution is 5.32. The summed E-state index contributed by atoms with van der Waals surface area (Å²) in [6, 6.07) is 5.20. The first-order valence-corrected chi connectivity index (χ1v) is 7.07. The monoisotopic (exact) mass is 288 g/mol. The fraction of sp³-hybridized carbons (Fsp3) is 0.600. The van der Waals surface area contributed by atoms with Crippen LogP contribution in [-0.4, -0.2) is 0 Å². The Bertz CT molecular complexity index is 404. The van der Waals surface area contributed by atoms with Crippen molar-refractivity contribution in [1.29, 1.82) is 0 Å². The molecule has 2 atom stereocenters. The number of hydrogen-bond acceptors (Lipinski definition) is 2. The van der Waals surface area contributed by atoms with Gasteiger partial charge in [0.15, 0.2) is 0 Å². The average Bonchev–Trinajstić information content (AvgIpc) is 2.42. The molecule has 2 nitrogen and oxygen atoms in total. The van der Waals surface area contributed by atoms with Crippen molar-refractivity contribution in [2.75, 3.05) is 0 Å². The summed E-state index contributed by atoms with van der Waals surface area (Å²) >= 11 is 0. The van der Waals surface area contributed by atoms with Crippen LogP contribution >= 0.6 is 0 Å². The number of hydrogen-bond donors (Lipinski definition) is 2. The number of nitrogens with one attached hydrogen (secondary N) is 1. The topological polar surface area (TPSA) is 38.0 Å². The standard InChI is InChI=1S/C15H23F3N2/c1-3-5-8-11(4-2)14(20-19)12-9-6-7-10-13(12)15(16,17)18/h6-7,9-11,14,20H,3-5,8,19H2,1-2H3. The van der Waals surface area contributed by atoms with Crippen molar-refractivity contribution in [3.05, 3.63) is 35.4 Å². The maximum Gasteiger partial charge on any atom is 0.416 e. The van der Waals surface area contributed by atoms with Crippen LogP contribution in [0.1, 0.15) is 56.7 Å². The molecule has 0 amide bonds. The predicted molar refractivity (Wildman–Crippen MR) is 74.8 cm³/mol. The molecule has 0 aromatic heterocycles. The van der Waals surface area contributed by atoms with Gasteiger partial charge in [-0.05, 0) is 24.0 Å². The van der Waals surface area contributed by atoms with E-state index in [2.05, 4.69) is 12.3 Å². The molecule has 1 aromatic rings. The van der Waals surface area contributed by atoms with Gasteiger partial charge in [0.1, 0.15) is 0 Å². The fourth-order valence-corrected chi connectivity index (χ4v) is 2.58. The van der Waals surface area contributed by atoms with Crippen LogP contribution in [0.2, 0.25) is 0 Å². The van der Waals surface area contributed by atoms with E-state index in [0.717, 1.165) is 31.7 Å². The van der Waals surface area contributed by atoms with Gasteiger partial charge in [0.05, 0.1) is 5.56 Å². The van der Waals surface area contributed by atoms with Gasteiger partial charge in [-0.1, -0.05) is 51.3 Å². The first-order chi connectivity index (χ1) is 9.45. The van der Waals surface area contributed by atoms with Crippen LogP contribution in [0.15, 0.2) is 24.3 Å². The van der Waals surface area contributed by atoms with E-state index in [1.165, 1.54) is 12.1 Å². The van der Waals surface area contributed by atoms with Gasteiger partial charge in [0, 0.05) is 6.04 Å². The normalized spacial score (nSPS) is 15.1. The molecule has 0 heterocycles. The number of halogens is 3.